The quantitative estimate of drug-likeness (QED) is 0.334. The zero-order valence-electron chi connectivity index (χ0n) is 7.86. The Hall–Kier alpha value is -1.00. The summed E-state index contributed by atoms with van der Waals surface area (Å²) >= 11 is 0. The van der Waals surface area contributed by atoms with Gasteiger partial charge in [0.2, 0.25) is 12.1 Å². The minimum atomic E-state index is -0.883. The molecule has 0 spiro atoms. The van der Waals surface area contributed by atoms with Crippen molar-refractivity contribution in [3.8, 4) is 0 Å². The molecule has 0 aliphatic carbocycles. The summed E-state index contributed by atoms with van der Waals surface area (Å²) in [6.45, 7) is 4.32. The zero-order chi connectivity index (χ0) is 10.1. The predicted molar refractivity (Wildman–Crippen MR) is 47.3 cm³/mol. The summed E-state index contributed by atoms with van der Waals surface area (Å²) in [6, 6.07) is 0. The van der Waals surface area contributed by atoms with E-state index in [1.165, 1.54) is 0 Å². The van der Waals surface area contributed by atoms with Gasteiger partial charge in [0.15, 0.2) is 0 Å². The molecule has 0 unspecified atom stereocenters. The van der Waals surface area contributed by atoms with E-state index in [1.54, 1.807) is 13.8 Å². The van der Waals surface area contributed by atoms with Crippen LogP contribution in [0.3, 0.4) is 0 Å². The topological polar surface area (TPSA) is 52.6 Å². The minimum Gasteiger partial charge on any atom is -0.346 e. The highest BCUT2D eigenvalue weighted by Gasteiger charge is 2.14. The molecule has 4 heteroatoms. The van der Waals surface area contributed by atoms with Crippen LogP contribution in [0.2, 0.25) is 0 Å². The number of hydrogen-bond donors (Lipinski definition) is 0. The first kappa shape index (κ1) is 12.0. The summed E-state index contributed by atoms with van der Waals surface area (Å²) in [7, 11) is 0. The van der Waals surface area contributed by atoms with Gasteiger partial charge >= 0.3 is 0 Å². The number of ketones is 1. The predicted octanol–water partition coefficient (Wildman–Crippen LogP) is 0.710. The lowest BCUT2D eigenvalue weighted by molar-refractivity contribution is -0.162. The monoisotopic (exact) mass is 186 g/mol. The fraction of sp³-hybridized carbons (Fsp3) is 0.556. The Balaban J connectivity index is 4.09. The number of ether oxygens (including phenoxy) is 2. The molecule has 13 heavy (non-hydrogen) atoms. The SMILES string of the molecule is CCOC(OCC)C(=O)C=CC=O. The van der Waals surface area contributed by atoms with Crippen molar-refractivity contribution >= 4 is 12.1 Å². The second kappa shape index (κ2) is 7.64. The average Bonchev–Trinajstić information content (AvgIpc) is 2.14. The molecule has 0 aromatic carbocycles. The Morgan fingerprint density at radius 1 is 1.31 bits per heavy atom. The van der Waals surface area contributed by atoms with Crippen LogP contribution in [-0.4, -0.2) is 31.6 Å². The molecule has 0 N–H and O–H groups in total. The Labute approximate surface area is 77.5 Å². The molecular formula is C9H14O4. The summed E-state index contributed by atoms with van der Waals surface area (Å²) in [4.78, 5) is 21.1. The molecule has 0 aromatic rings. The van der Waals surface area contributed by atoms with Crippen LogP contribution < -0.4 is 0 Å². The lowest BCUT2D eigenvalue weighted by Gasteiger charge is -2.12. The standard InChI is InChI=1S/C9H14O4/c1-3-12-9(13-4-2)8(11)6-5-7-10/h5-7,9H,3-4H2,1-2H3. The molecule has 0 amide bonds. The van der Waals surface area contributed by atoms with Gasteiger partial charge in [0.05, 0.1) is 0 Å². The number of allylic oxidation sites excluding steroid dienone is 1. The molecule has 4 nitrogen and oxygen atoms in total. The molecule has 0 fully saturated rings. The van der Waals surface area contributed by atoms with Crippen LogP contribution in [0.5, 0.6) is 0 Å². The van der Waals surface area contributed by atoms with Gasteiger partial charge < -0.3 is 9.47 Å². The maximum Gasteiger partial charge on any atom is 0.221 e. The number of carbonyl (C=O) groups is 2. The van der Waals surface area contributed by atoms with Gasteiger partial charge in [0.1, 0.15) is 6.29 Å². The number of carbonyl (C=O) groups excluding carboxylic acids is 2. The van der Waals surface area contributed by atoms with Crippen LogP contribution in [-0.2, 0) is 19.1 Å². The summed E-state index contributed by atoms with van der Waals surface area (Å²) < 4.78 is 10.0. The maximum absolute atomic E-state index is 11.2. The first-order chi connectivity index (χ1) is 6.26. The zero-order valence-corrected chi connectivity index (χ0v) is 7.86. The van der Waals surface area contributed by atoms with Crippen molar-refractivity contribution in [1.29, 1.82) is 0 Å². The third kappa shape index (κ3) is 5.27. The molecular weight excluding hydrogens is 172 g/mol. The van der Waals surface area contributed by atoms with Crippen LogP contribution in [0.4, 0.5) is 0 Å². The van der Waals surface area contributed by atoms with Gasteiger partial charge in [-0.1, -0.05) is 0 Å². The van der Waals surface area contributed by atoms with Crippen molar-refractivity contribution in [3.63, 3.8) is 0 Å². The van der Waals surface area contributed by atoms with E-state index >= 15 is 0 Å². The van der Waals surface area contributed by atoms with Crippen LogP contribution in [0.15, 0.2) is 12.2 Å². The first-order valence-corrected chi connectivity index (χ1v) is 4.15. The molecule has 0 aromatic heterocycles. The highest BCUT2D eigenvalue weighted by molar-refractivity contribution is 5.95. The van der Waals surface area contributed by atoms with E-state index in [0.29, 0.717) is 19.5 Å². The third-order valence-corrected chi connectivity index (χ3v) is 1.21. The van der Waals surface area contributed by atoms with Gasteiger partial charge in [-0.2, -0.15) is 0 Å². The lowest BCUT2D eigenvalue weighted by atomic mass is 10.3. The van der Waals surface area contributed by atoms with Crippen LogP contribution in [0.25, 0.3) is 0 Å². The van der Waals surface area contributed by atoms with Gasteiger partial charge in [-0.25, -0.2) is 0 Å². The van der Waals surface area contributed by atoms with E-state index < -0.39 is 6.29 Å². The van der Waals surface area contributed by atoms with Gasteiger partial charge in [0, 0.05) is 13.2 Å². The molecule has 0 aliphatic heterocycles. The van der Waals surface area contributed by atoms with Gasteiger partial charge in [0.25, 0.3) is 0 Å². The Kier molecular flexibility index (Phi) is 7.05. The van der Waals surface area contributed by atoms with E-state index in [2.05, 4.69) is 0 Å². The average molecular weight is 186 g/mol. The third-order valence-electron chi connectivity index (χ3n) is 1.21. The van der Waals surface area contributed by atoms with E-state index in [9.17, 15) is 9.59 Å². The molecule has 0 heterocycles. The van der Waals surface area contributed by atoms with Crippen LogP contribution >= 0.6 is 0 Å². The fourth-order valence-electron chi connectivity index (χ4n) is 0.728. The summed E-state index contributed by atoms with van der Waals surface area (Å²) in [6.07, 6.45) is 1.91. The van der Waals surface area contributed by atoms with E-state index in [1.807, 2.05) is 0 Å². The Morgan fingerprint density at radius 3 is 2.23 bits per heavy atom. The summed E-state index contributed by atoms with van der Waals surface area (Å²) in [5.74, 6) is -0.351. The van der Waals surface area contributed by atoms with Gasteiger partial charge in [-0.3, -0.25) is 9.59 Å². The minimum absolute atomic E-state index is 0.351. The van der Waals surface area contributed by atoms with Crippen molar-refractivity contribution < 1.29 is 19.1 Å². The molecule has 0 atom stereocenters. The van der Waals surface area contributed by atoms with Crippen molar-refractivity contribution in [2.45, 2.75) is 20.1 Å². The van der Waals surface area contributed by atoms with Crippen molar-refractivity contribution in [1.82, 2.24) is 0 Å². The van der Waals surface area contributed by atoms with Gasteiger partial charge in [-0.05, 0) is 26.0 Å². The first-order valence-electron chi connectivity index (χ1n) is 4.15. The molecule has 0 saturated heterocycles. The highest BCUT2D eigenvalue weighted by atomic mass is 16.7. The van der Waals surface area contributed by atoms with E-state index in [4.69, 9.17) is 9.47 Å². The largest absolute Gasteiger partial charge is 0.346 e. The van der Waals surface area contributed by atoms with E-state index in [0.717, 1.165) is 12.2 Å². The van der Waals surface area contributed by atoms with Gasteiger partial charge in [-0.15, -0.1) is 0 Å². The van der Waals surface area contributed by atoms with Crippen molar-refractivity contribution in [2.24, 2.45) is 0 Å². The Morgan fingerprint density at radius 2 is 1.85 bits per heavy atom. The Bertz CT molecular complexity index is 180. The van der Waals surface area contributed by atoms with Crippen molar-refractivity contribution in [3.05, 3.63) is 12.2 Å². The molecule has 0 radical (unpaired) electrons. The molecule has 0 saturated carbocycles. The second-order valence-corrected chi connectivity index (χ2v) is 2.14. The normalized spacial score (nSPS) is 11.0. The molecule has 0 rings (SSSR count). The van der Waals surface area contributed by atoms with Crippen LogP contribution in [0.1, 0.15) is 13.8 Å². The maximum atomic E-state index is 11.2. The van der Waals surface area contributed by atoms with Crippen molar-refractivity contribution in [2.75, 3.05) is 13.2 Å². The highest BCUT2D eigenvalue weighted by Crippen LogP contribution is 1.97. The lowest BCUT2D eigenvalue weighted by Crippen LogP contribution is -2.26. The number of rotatable bonds is 7. The number of aldehydes is 1. The molecule has 0 bridgehead atoms. The summed E-state index contributed by atoms with van der Waals surface area (Å²) in [5.41, 5.74) is 0. The van der Waals surface area contributed by atoms with Crippen LogP contribution in [0, 0.1) is 0 Å². The second-order valence-electron chi connectivity index (χ2n) is 2.14. The van der Waals surface area contributed by atoms with E-state index in [-0.39, 0.29) is 5.78 Å². The molecule has 74 valence electrons. The number of hydrogen-bond acceptors (Lipinski definition) is 4. The summed E-state index contributed by atoms with van der Waals surface area (Å²) in [5, 5.41) is 0. The fourth-order valence-corrected chi connectivity index (χ4v) is 0.728. The smallest absolute Gasteiger partial charge is 0.221 e. The molecule has 0 aliphatic rings.